The van der Waals surface area contributed by atoms with E-state index in [0.29, 0.717) is 0 Å². The first-order chi connectivity index (χ1) is 11.2. The molecular weight excluding hydrogens is 280 g/mol. The topological polar surface area (TPSA) is 9.23 Å². The van der Waals surface area contributed by atoms with Gasteiger partial charge < -0.3 is 4.74 Å². The Labute approximate surface area is 139 Å². The molecule has 0 spiro atoms. The Balaban J connectivity index is 2.64. The van der Waals surface area contributed by atoms with Crippen LogP contribution in [0.1, 0.15) is 31.9 Å². The van der Waals surface area contributed by atoms with Gasteiger partial charge in [0.05, 0.1) is 7.11 Å². The number of hydrogen-bond donors (Lipinski definition) is 0. The first-order valence-electron chi connectivity index (χ1n) is 7.91. The molecule has 0 saturated carbocycles. The fourth-order valence-corrected chi connectivity index (χ4v) is 2.69. The lowest BCUT2D eigenvalue weighted by Crippen LogP contribution is -1.93. The van der Waals surface area contributed by atoms with Gasteiger partial charge in [0.1, 0.15) is 5.75 Å². The summed E-state index contributed by atoms with van der Waals surface area (Å²) in [5.74, 6) is 0.874. The van der Waals surface area contributed by atoms with Crippen LogP contribution < -0.4 is 4.74 Å². The summed E-state index contributed by atoms with van der Waals surface area (Å²) in [6.45, 7) is 6.31. The van der Waals surface area contributed by atoms with Crippen LogP contribution >= 0.6 is 0 Å². The van der Waals surface area contributed by atoms with E-state index in [1.165, 1.54) is 27.8 Å². The molecule has 0 fully saturated rings. The third kappa shape index (κ3) is 4.01. The van der Waals surface area contributed by atoms with Crippen molar-refractivity contribution < 1.29 is 4.74 Å². The van der Waals surface area contributed by atoms with Crippen molar-refractivity contribution in [1.29, 1.82) is 0 Å². The van der Waals surface area contributed by atoms with Gasteiger partial charge in [0.15, 0.2) is 0 Å². The fraction of sp³-hybridized carbons (Fsp3) is 0.182. The van der Waals surface area contributed by atoms with Crippen LogP contribution in [-0.2, 0) is 0 Å². The van der Waals surface area contributed by atoms with E-state index < -0.39 is 0 Å². The lowest BCUT2D eigenvalue weighted by Gasteiger charge is -2.15. The fourth-order valence-electron chi connectivity index (χ4n) is 2.69. The second-order valence-electron chi connectivity index (χ2n) is 5.34. The molecule has 1 nitrogen and oxygen atoms in total. The number of ether oxygens (including phenoxy) is 1. The first-order valence-corrected chi connectivity index (χ1v) is 7.91. The molecular formula is C22H24O. The van der Waals surface area contributed by atoms with E-state index in [1.54, 1.807) is 7.11 Å². The summed E-state index contributed by atoms with van der Waals surface area (Å²) in [4.78, 5) is 0. The van der Waals surface area contributed by atoms with Crippen molar-refractivity contribution in [2.24, 2.45) is 0 Å². The van der Waals surface area contributed by atoms with Gasteiger partial charge in [-0.05, 0) is 60.8 Å². The minimum atomic E-state index is 0.874. The summed E-state index contributed by atoms with van der Waals surface area (Å²) in [5.41, 5.74) is 6.17. The zero-order valence-corrected chi connectivity index (χ0v) is 14.3. The average Bonchev–Trinajstić information content (AvgIpc) is 2.62. The summed E-state index contributed by atoms with van der Waals surface area (Å²) in [6.07, 6.45) is 6.40. The third-order valence-corrected chi connectivity index (χ3v) is 3.91. The monoisotopic (exact) mass is 304 g/mol. The summed E-state index contributed by atoms with van der Waals surface area (Å²) in [6, 6.07) is 18.8. The van der Waals surface area contributed by atoms with E-state index in [1.807, 2.05) is 25.1 Å². The van der Waals surface area contributed by atoms with Crippen LogP contribution in [-0.4, -0.2) is 7.11 Å². The molecule has 0 aliphatic carbocycles. The van der Waals surface area contributed by atoms with Crippen molar-refractivity contribution in [2.45, 2.75) is 20.8 Å². The van der Waals surface area contributed by atoms with E-state index in [2.05, 4.69) is 68.5 Å². The maximum atomic E-state index is 5.28. The van der Waals surface area contributed by atoms with Crippen LogP contribution in [0.2, 0.25) is 0 Å². The molecule has 2 rings (SSSR count). The lowest BCUT2D eigenvalue weighted by molar-refractivity contribution is 0.415. The Hall–Kier alpha value is -2.54. The van der Waals surface area contributed by atoms with Gasteiger partial charge >= 0.3 is 0 Å². The van der Waals surface area contributed by atoms with E-state index in [4.69, 9.17) is 4.74 Å². The smallest absolute Gasteiger partial charge is 0.118 e. The molecule has 0 aliphatic heterocycles. The van der Waals surface area contributed by atoms with Crippen molar-refractivity contribution in [3.63, 3.8) is 0 Å². The number of allylic oxidation sites excluding steroid dienone is 6. The van der Waals surface area contributed by atoms with Crippen molar-refractivity contribution >= 4 is 11.1 Å². The van der Waals surface area contributed by atoms with Gasteiger partial charge in [-0.3, -0.25) is 0 Å². The van der Waals surface area contributed by atoms with E-state index >= 15 is 0 Å². The highest BCUT2D eigenvalue weighted by atomic mass is 16.5. The van der Waals surface area contributed by atoms with Gasteiger partial charge in [0.25, 0.3) is 0 Å². The van der Waals surface area contributed by atoms with Crippen LogP contribution in [0.25, 0.3) is 11.1 Å². The Kier molecular flexibility index (Phi) is 5.99. The van der Waals surface area contributed by atoms with Gasteiger partial charge in [-0.15, -0.1) is 0 Å². The molecule has 2 aromatic rings. The summed E-state index contributed by atoms with van der Waals surface area (Å²) in [5, 5.41) is 0. The molecule has 0 saturated heterocycles. The predicted molar refractivity (Wildman–Crippen MR) is 100 cm³/mol. The van der Waals surface area contributed by atoms with Crippen LogP contribution in [0, 0.1) is 0 Å². The standard InChI is InChI=1S/C22H24O/c1-5-10-18(6-2)22(17(3)19-11-8-7-9-12-19)20-13-15-21(23-4)16-14-20/h5-16H,1-4H3/b10-5-,18-6+,22-17+. The van der Waals surface area contributed by atoms with Gasteiger partial charge in [-0.25, -0.2) is 0 Å². The molecule has 0 N–H and O–H groups in total. The van der Waals surface area contributed by atoms with Gasteiger partial charge in [-0.1, -0.05) is 60.7 Å². The molecule has 2 aromatic carbocycles. The molecule has 0 amide bonds. The largest absolute Gasteiger partial charge is 0.497 e. The normalized spacial score (nSPS) is 13.1. The molecule has 0 aromatic heterocycles. The summed E-state index contributed by atoms with van der Waals surface area (Å²) in [7, 11) is 1.69. The SMILES string of the molecule is C\C=C/C(=C\C)C(=C(/C)c1ccccc1)/c1ccc(OC)cc1. The Bertz CT molecular complexity index is 716. The highest BCUT2D eigenvalue weighted by molar-refractivity contribution is 5.98. The van der Waals surface area contributed by atoms with Crippen molar-refractivity contribution in [3.8, 4) is 5.75 Å². The first kappa shape index (κ1) is 16.8. The number of benzene rings is 2. The minimum Gasteiger partial charge on any atom is -0.497 e. The highest BCUT2D eigenvalue weighted by Gasteiger charge is 2.11. The van der Waals surface area contributed by atoms with Crippen LogP contribution in [0.15, 0.2) is 78.4 Å². The van der Waals surface area contributed by atoms with Crippen molar-refractivity contribution in [2.75, 3.05) is 7.11 Å². The van der Waals surface area contributed by atoms with Crippen LogP contribution in [0.4, 0.5) is 0 Å². The highest BCUT2D eigenvalue weighted by Crippen LogP contribution is 2.33. The predicted octanol–water partition coefficient (Wildman–Crippen LogP) is 6.15. The average molecular weight is 304 g/mol. The molecule has 0 aliphatic rings. The molecule has 0 unspecified atom stereocenters. The minimum absolute atomic E-state index is 0.874. The van der Waals surface area contributed by atoms with Crippen LogP contribution in [0.3, 0.4) is 0 Å². The van der Waals surface area contributed by atoms with E-state index in [9.17, 15) is 0 Å². The van der Waals surface area contributed by atoms with Crippen molar-refractivity contribution in [3.05, 3.63) is 89.5 Å². The maximum Gasteiger partial charge on any atom is 0.118 e. The zero-order chi connectivity index (χ0) is 16.7. The molecule has 1 heteroatoms. The Morgan fingerprint density at radius 2 is 1.52 bits per heavy atom. The van der Waals surface area contributed by atoms with Crippen molar-refractivity contribution in [1.82, 2.24) is 0 Å². The number of methoxy groups -OCH3 is 1. The van der Waals surface area contributed by atoms with Gasteiger partial charge in [-0.2, -0.15) is 0 Å². The molecule has 118 valence electrons. The van der Waals surface area contributed by atoms with Crippen LogP contribution in [0.5, 0.6) is 5.75 Å². The second kappa shape index (κ2) is 8.19. The number of rotatable bonds is 5. The Morgan fingerprint density at radius 1 is 0.870 bits per heavy atom. The molecule has 0 bridgehead atoms. The van der Waals surface area contributed by atoms with Gasteiger partial charge in [0, 0.05) is 0 Å². The quantitative estimate of drug-likeness (QED) is 0.475. The third-order valence-electron chi connectivity index (χ3n) is 3.91. The molecule has 23 heavy (non-hydrogen) atoms. The number of hydrogen-bond acceptors (Lipinski definition) is 1. The van der Waals surface area contributed by atoms with E-state index in [-0.39, 0.29) is 0 Å². The summed E-state index contributed by atoms with van der Waals surface area (Å²) < 4.78 is 5.28. The van der Waals surface area contributed by atoms with E-state index in [0.717, 1.165) is 5.75 Å². The molecule has 0 radical (unpaired) electrons. The van der Waals surface area contributed by atoms with Gasteiger partial charge in [0.2, 0.25) is 0 Å². The second-order valence-corrected chi connectivity index (χ2v) is 5.34. The Morgan fingerprint density at radius 3 is 2.04 bits per heavy atom. The molecule has 0 heterocycles. The molecule has 0 atom stereocenters. The zero-order valence-electron chi connectivity index (χ0n) is 14.3. The summed E-state index contributed by atoms with van der Waals surface area (Å²) >= 11 is 0. The lowest BCUT2D eigenvalue weighted by atomic mass is 9.89. The maximum absolute atomic E-state index is 5.28.